The van der Waals surface area contributed by atoms with Gasteiger partial charge in [0.05, 0.1) is 0 Å². The van der Waals surface area contributed by atoms with Crippen LogP contribution in [0.25, 0.3) is 0 Å². The van der Waals surface area contributed by atoms with E-state index in [4.69, 9.17) is 4.74 Å². The van der Waals surface area contributed by atoms with Crippen LogP contribution in [0.1, 0.15) is 47.5 Å². The van der Waals surface area contributed by atoms with E-state index >= 15 is 0 Å². The maximum Gasteiger partial charge on any atom is 0.151 e. The fourth-order valence-corrected chi connectivity index (χ4v) is 2.42. The van der Waals surface area contributed by atoms with Crippen LogP contribution in [0.4, 0.5) is 5.82 Å². The van der Waals surface area contributed by atoms with Crippen LogP contribution in [0, 0.1) is 0 Å². The van der Waals surface area contributed by atoms with Crippen LogP contribution in [-0.4, -0.2) is 30.5 Å². The number of pyridine rings is 1. The number of aldehydes is 1. The Labute approximate surface area is 107 Å². The number of hydrogen-bond donors (Lipinski definition) is 1. The lowest BCUT2D eigenvalue weighted by Gasteiger charge is -2.24. The van der Waals surface area contributed by atoms with Crippen molar-refractivity contribution in [3.8, 4) is 0 Å². The van der Waals surface area contributed by atoms with Gasteiger partial charge in [0.15, 0.2) is 6.29 Å². The zero-order valence-electron chi connectivity index (χ0n) is 10.4. The van der Waals surface area contributed by atoms with Gasteiger partial charge in [0.2, 0.25) is 0 Å². The average molecular weight is 246 g/mol. The fraction of sp³-hybridized carbons (Fsp3) is 0.571. The maximum atomic E-state index is 10.8. The molecule has 0 bridgehead atoms. The Hall–Kier alpha value is -1.42. The Kier molecular flexibility index (Phi) is 3.28. The highest BCUT2D eigenvalue weighted by Crippen LogP contribution is 2.43. The van der Waals surface area contributed by atoms with Gasteiger partial charge in [-0.05, 0) is 43.2 Å². The van der Waals surface area contributed by atoms with Crippen LogP contribution in [0.15, 0.2) is 12.3 Å². The topological polar surface area (TPSA) is 51.2 Å². The molecular formula is C14H18N2O2. The van der Waals surface area contributed by atoms with Crippen molar-refractivity contribution < 1.29 is 9.53 Å². The van der Waals surface area contributed by atoms with Gasteiger partial charge in [0.1, 0.15) is 5.82 Å². The van der Waals surface area contributed by atoms with Crippen LogP contribution >= 0.6 is 0 Å². The van der Waals surface area contributed by atoms with E-state index in [0.717, 1.165) is 38.2 Å². The molecule has 1 aromatic heterocycles. The summed E-state index contributed by atoms with van der Waals surface area (Å²) in [4.78, 5) is 15.2. The Morgan fingerprint density at radius 2 is 2.06 bits per heavy atom. The van der Waals surface area contributed by atoms with E-state index in [0.29, 0.717) is 17.5 Å². The molecule has 1 aromatic rings. The molecule has 4 heteroatoms. The zero-order valence-corrected chi connectivity index (χ0v) is 10.4. The van der Waals surface area contributed by atoms with Gasteiger partial charge in [0, 0.05) is 31.0 Å². The van der Waals surface area contributed by atoms with Gasteiger partial charge in [-0.25, -0.2) is 4.98 Å². The standard InChI is InChI=1S/C14H18N2O2/c17-9-10-7-13(11-1-2-11)14(15-8-10)16-12-3-5-18-6-4-12/h7-9,11-12H,1-6H2,(H,15,16). The van der Waals surface area contributed by atoms with Crippen LogP contribution in [0.5, 0.6) is 0 Å². The minimum absolute atomic E-state index is 0.450. The van der Waals surface area contributed by atoms with Gasteiger partial charge in [-0.1, -0.05) is 0 Å². The molecule has 0 unspecified atom stereocenters. The lowest BCUT2D eigenvalue weighted by atomic mass is 10.1. The summed E-state index contributed by atoms with van der Waals surface area (Å²) in [5.41, 5.74) is 1.89. The normalized spacial score (nSPS) is 20.7. The summed E-state index contributed by atoms with van der Waals surface area (Å²) in [6.45, 7) is 1.64. The highest BCUT2D eigenvalue weighted by atomic mass is 16.5. The van der Waals surface area contributed by atoms with E-state index in [1.54, 1.807) is 6.20 Å². The van der Waals surface area contributed by atoms with E-state index in [-0.39, 0.29) is 0 Å². The van der Waals surface area contributed by atoms with Crippen molar-refractivity contribution in [1.82, 2.24) is 4.98 Å². The van der Waals surface area contributed by atoms with Gasteiger partial charge < -0.3 is 10.1 Å². The lowest BCUT2D eigenvalue weighted by molar-refractivity contribution is 0.0903. The summed E-state index contributed by atoms with van der Waals surface area (Å²) in [5, 5.41) is 3.52. The van der Waals surface area contributed by atoms with Crippen molar-refractivity contribution in [2.45, 2.75) is 37.6 Å². The van der Waals surface area contributed by atoms with Crippen molar-refractivity contribution in [3.05, 3.63) is 23.4 Å². The van der Waals surface area contributed by atoms with Crippen LogP contribution in [0.2, 0.25) is 0 Å². The number of anilines is 1. The second-order valence-electron chi connectivity index (χ2n) is 5.13. The van der Waals surface area contributed by atoms with Crippen molar-refractivity contribution in [3.63, 3.8) is 0 Å². The zero-order chi connectivity index (χ0) is 12.4. The Bertz CT molecular complexity index is 437. The van der Waals surface area contributed by atoms with Gasteiger partial charge in [0.25, 0.3) is 0 Å². The molecule has 0 spiro atoms. The predicted octanol–water partition coefficient (Wildman–Crippen LogP) is 2.36. The third kappa shape index (κ3) is 2.53. The summed E-state index contributed by atoms with van der Waals surface area (Å²) in [6.07, 6.45) is 7.01. The molecule has 2 fully saturated rings. The summed E-state index contributed by atoms with van der Waals surface area (Å²) in [6, 6.07) is 2.44. The molecule has 0 aromatic carbocycles. The molecular weight excluding hydrogens is 228 g/mol. The first-order chi connectivity index (χ1) is 8.86. The molecule has 4 nitrogen and oxygen atoms in total. The molecule has 18 heavy (non-hydrogen) atoms. The van der Waals surface area contributed by atoms with Gasteiger partial charge in [-0.15, -0.1) is 0 Å². The Morgan fingerprint density at radius 1 is 1.28 bits per heavy atom. The van der Waals surface area contributed by atoms with E-state index < -0.39 is 0 Å². The summed E-state index contributed by atoms with van der Waals surface area (Å²) in [7, 11) is 0. The van der Waals surface area contributed by atoms with E-state index in [1.165, 1.54) is 18.4 Å². The first-order valence-electron chi connectivity index (χ1n) is 6.66. The molecule has 1 saturated heterocycles. The molecule has 0 amide bonds. The number of nitrogens with zero attached hydrogens (tertiary/aromatic N) is 1. The number of aromatic nitrogens is 1. The summed E-state index contributed by atoms with van der Waals surface area (Å²) < 4.78 is 5.36. The quantitative estimate of drug-likeness (QED) is 0.829. The molecule has 0 radical (unpaired) electrons. The molecule has 1 aliphatic heterocycles. The molecule has 1 N–H and O–H groups in total. The van der Waals surface area contributed by atoms with Crippen molar-refractivity contribution in [2.24, 2.45) is 0 Å². The van der Waals surface area contributed by atoms with Crippen molar-refractivity contribution in [1.29, 1.82) is 0 Å². The Balaban J connectivity index is 1.79. The number of ether oxygens (including phenoxy) is 1. The van der Waals surface area contributed by atoms with Gasteiger partial charge in [-0.3, -0.25) is 4.79 Å². The SMILES string of the molecule is O=Cc1cnc(NC2CCOCC2)c(C2CC2)c1. The molecule has 0 atom stereocenters. The predicted molar refractivity (Wildman–Crippen MR) is 69.1 cm³/mol. The first kappa shape index (κ1) is 11.7. The molecule has 96 valence electrons. The van der Waals surface area contributed by atoms with Crippen LogP contribution < -0.4 is 5.32 Å². The van der Waals surface area contributed by atoms with E-state index in [2.05, 4.69) is 10.3 Å². The highest BCUT2D eigenvalue weighted by molar-refractivity contribution is 5.75. The largest absolute Gasteiger partial charge is 0.381 e. The minimum Gasteiger partial charge on any atom is -0.381 e. The third-order valence-corrected chi connectivity index (χ3v) is 3.65. The number of carbonyl (C=O) groups excluding carboxylic acids is 1. The number of hydrogen-bond acceptors (Lipinski definition) is 4. The third-order valence-electron chi connectivity index (χ3n) is 3.65. The number of carbonyl (C=O) groups is 1. The second kappa shape index (κ2) is 5.06. The van der Waals surface area contributed by atoms with Gasteiger partial charge >= 0.3 is 0 Å². The number of nitrogens with one attached hydrogen (secondary N) is 1. The second-order valence-corrected chi connectivity index (χ2v) is 5.13. The average Bonchev–Trinajstić information content (AvgIpc) is 3.25. The molecule has 1 aliphatic carbocycles. The monoisotopic (exact) mass is 246 g/mol. The first-order valence-corrected chi connectivity index (χ1v) is 6.66. The summed E-state index contributed by atoms with van der Waals surface area (Å²) >= 11 is 0. The Morgan fingerprint density at radius 3 is 2.72 bits per heavy atom. The molecule has 1 saturated carbocycles. The van der Waals surface area contributed by atoms with Crippen LogP contribution in [-0.2, 0) is 4.74 Å². The molecule has 3 rings (SSSR count). The van der Waals surface area contributed by atoms with E-state index in [9.17, 15) is 4.79 Å². The highest BCUT2D eigenvalue weighted by Gasteiger charge is 2.28. The van der Waals surface area contributed by atoms with E-state index in [1.807, 2.05) is 6.07 Å². The molecule has 2 heterocycles. The van der Waals surface area contributed by atoms with Crippen molar-refractivity contribution >= 4 is 12.1 Å². The van der Waals surface area contributed by atoms with Crippen LogP contribution in [0.3, 0.4) is 0 Å². The smallest absolute Gasteiger partial charge is 0.151 e. The van der Waals surface area contributed by atoms with Crippen molar-refractivity contribution in [2.75, 3.05) is 18.5 Å². The number of rotatable bonds is 4. The molecule has 2 aliphatic rings. The summed E-state index contributed by atoms with van der Waals surface area (Å²) in [5.74, 6) is 1.56. The fourth-order valence-electron chi connectivity index (χ4n) is 2.42. The maximum absolute atomic E-state index is 10.8. The van der Waals surface area contributed by atoms with Gasteiger partial charge in [-0.2, -0.15) is 0 Å². The minimum atomic E-state index is 0.450. The lowest BCUT2D eigenvalue weighted by Crippen LogP contribution is -2.28.